The van der Waals surface area contributed by atoms with Crippen LogP contribution in [0.3, 0.4) is 0 Å². The normalized spacial score (nSPS) is 17.1. The third kappa shape index (κ3) is 1.45. The van der Waals surface area contributed by atoms with Crippen LogP contribution in [0.5, 0.6) is 17.2 Å². The number of benzene rings is 2. The molecule has 0 saturated heterocycles. The molecule has 0 radical (unpaired) electrons. The topological polar surface area (TPSA) is 96.2 Å². The van der Waals surface area contributed by atoms with Crippen LogP contribution in [0.2, 0.25) is 0 Å². The van der Waals surface area contributed by atoms with Crippen LogP contribution in [0, 0.1) is 6.92 Å². The molecule has 0 saturated carbocycles. The SMILES string of the molecule is COc1cc(O)c2c3c(c(O)cc(C)c13)C(=O)O[C@@H]2O. The zero-order chi connectivity index (χ0) is 14.6. The number of aromatic hydroxyl groups is 2. The lowest BCUT2D eigenvalue weighted by Gasteiger charge is -2.25. The van der Waals surface area contributed by atoms with Crippen molar-refractivity contribution in [3.05, 3.63) is 28.8 Å². The second-order valence-corrected chi connectivity index (χ2v) is 4.61. The van der Waals surface area contributed by atoms with Gasteiger partial charge in [-0.15, -0.1) is 0 Å². The molecule has 0 aromatic heterocycles. The monoisotopic (exact) mass is 276 g/mol. The first-order chi connectivity index (χ1) is 9.45. The first-order valence-corrected chi connectivity index (χ1v) is 5.91. The highest BCUT2D eigenvalue weighted by atomic mass is 16.6. The molecule has 20 heavy (non-hydrogen) atoms. The maximum Gasteiger partial charge on any atom is 0.345 e. The lowest BCUT2D eigenvalue weighted by molar-refractivity contribution is -0.0697. The second-order valence-electron chi connectivity index (χ2n) is 4.61. The van der Waals surface area contributed by atoms with Crippen molar-refractivity contribution in [2.45, 2.75) is 13.2 Å². The molecule has 0 unspecified atom stereocenters. The number of ether oxygens (including phenoxy) is 2. The molecule has 104 valence electrons. The summed E-state index contributed by atoms with van der Waals surface area (Å²) in [6.45, 7) is 1.73. The Morgan fingerprint density at radius 1 is 1.20 bits per heavy atom. The fraction of sp³-hybridized carbons (Fsp3) is 0.214. The van der Waals surface area contributed by atoms with Crippen LogP contribution in [-0.2, 0) is 4.74 Å². The van der Waals surface area contributed by atoms with Crippen molar-refractivity contribution in [3.63, 3.8) is 0 Å². The van der Waals surface area contributed by atoms with E-state index in [2.05, 4.69) is 0 Å². The quantitative estimate of drug-likeness (QED) is 0.686. The number of hydrogen-bond acceptors (Lipinski definition) is 6. The molecular weight excluding hydrogens is 264 g/mol. The van der Waals surface area contributed by atoms with Crippen LogP contribution in [0.15, 0.2) is 12.1 Å². The lowest BCUT2D eigenvalue weighted by atomic mass is 9.91. The van der Waals surface area contributed by atoms with E-state index in [9.17, 15) is 20.1 Å². The predicted octanol–water partition coefficient (Wildman–Crippen LogP) is 1.73. The van der Waals surface area contributed by atoms with Gasteiger partial charge in [0.05, 0.1) is 12.7 Å². The lowest BCUT2D eigenvalue weighted by Crippen LogP contribution is -2.18. The number of hydrogen-bond donors (Lipinski definition) is 3. The maximum absolute atomic E-state index is 11.9. The molecular formula is C14H12O6. The van der Waals surface area contributed by atoms with Crippen LogP contribution in [0.4, 0.5) is 0 Å². The average molecular weight is 276 g/mol. The summed E-state index contributed by atoms with van der Waals surface area (Å²) in [5, 5.41) is 30.6. The molecule has 1 atom stereocenters. The number of phenolic OH excluding ortho intramolecular Hbond substituents is 2. The number of cyclic esters (lactones) is 1. The second kappa shape index (κ2) is 4.01. The molecule has 0 fully saturated rings. The fourth-order valence-electron chi connectivity index (χ4n) is 2.63. The molecule has 1 aliphatic heterocycles. The van der Waals surface area contributed by atoms with Gasteiger partial charge in [-0.25, -0.2) is 4.79 Å². The average Bonchev–Trinajstić information content (AvgIpc) is 2.36. The minimum Gasteiger partial charge on any atom is -0.507 e. The summed E-state index contributed by atoms with van der Waals surface area (Å²) in [5.41, 5.74) is 0.621. The van der Waals surface area contributed by atoms with Crippen molar-refractivity contribution in [3.8, 4) is 17.2 Å². The smallest absolute Gasteiger partial charge is 0.345 e. The Kier molecular flexibility index (Phi) is 2.52. The summed E-state index contributed by atoms with van der Waals surface area (Å²) >= 11 is 0. The van der Waals surface area contributed by atoms with E-state index in [1.807, 2.05) is 0 Å². The number of aryl methyl sites for hydroxylation is 1. The molecule has 1 aliphatic rings. The molecule has 0 bridgehead atoms. The first kappa shape index (κ1) is 12.6. The van der Waals surface area contributed by atoms with Crippen LogP contribution in [-0.4, -0.2) is 28.4 Å². The first-order valence-electron chi connectivity index (χ1n) is 5.91. The van der Waals surface area contributed by atoms with Gasteiger partial charge in [-0.05, 0) is 18.6 Å². The van der Waals surface area contributed by atoms with Gasteiger partial charge in [-0.3, -0.25) is 0 Å². The Morgan fingerprint density at radius 3 is 2.55 bits per heavy atom. The molecule has 2 aromatic carbocycles. The van der Waals surface area contributed by atoms with Gasteiger partial charge in [0.2, 0.25) is 6.29 Å². The minimum absolute atomic E-state index is 0.0504. The van der Waals surface area contributed by atoms with Gasteiger partial charge in [0.1, 0.15) is 22.8 Å². The van der Waals surface area contributed by atoms with Crippen molar-refractivity contribution < 1.29 is 29.6 Å². The highest BCUT2D eigenvalue weighted by Gasteiger charge is 2.34. The zero-order valence-corrected chi connectivity index (χ0v) is 10.8. The summed E-state index contributed by atoms with van der Waals surface area (Å²) in [7, 11) is 1.43. The minimum atomic E-state index is -1.58. The molecule has 3 N–H and O–H groups in total. The molecule has 6 nitrogen and oxygen atoms in total. The van der Waals surface area contributed by atoms with Crippen LogP contribution < -0.4 is 4.74 Å². The standard InChI is InChI=1S/C14H12O6/c1-5-3-6(15)10-12-9(5)8(19-2)4-7(16)11(12)14(18)20-13(10)17/h3-4,14-16,18H,1-2H3/t14-/m0/s1. The number of carbonyl (C=O) groups is 1. The molecule has 0 spiro atoms. The highest BCUT2D eigenvalue weighted by molar-refractivity contribution is 6.13. The Balaban J connectivity index is 2.62. The van der Waals surface area contributed by atoms with E-state index in [0.717, 1.165) is 0 Å². The number of rotatable bonds is 1. The fourth-order valence-corrected chi connectivity index (χ4v) is 2.63. The predicted molar refractivity (Wildman–Crippen MR) is 68.9 cm³/mol. The molecule has 0 aliphatic carbocycles. The van der Waals surface area contributed by atoms with Crippen molar-refractivity contribution in [1.29, 1.82) is 0 Å². The van der Waals surface area contributed by atoms with Gasteiger partial charge in [0, 0.05) is 16.8 Å². The highest BCUT2D eigenvalue weighted by Crippen LogP contribution is 2.47. The van der Waals surface area contributed by atoms with Gasteiger partial charge in [-0.2, -0.15) is 0 Å². The van der Waals surface area contributed by atoms with E-state index >= 15 is 0 Å². The molecule has 3 rings (SSSR count). The number of esters is 1. The van der Waals surface area contributed by atoms with Gasteiger partial charge >= 0.3 is 5.97 Å². The van der Waals surface area contributed by atoms with Gasteiger partial charge in [0.15, 0.2) is 0 Å². The van der Waals surface area contributed by atoms with E-state index in [1.165, 1.54) is 19.2 Å². The Hall–Kier alpha value is -2.47. The van der Waals surface area contributed by atoms with Crippen LogP contribution in [0.1, 0.15) is 27.8 Å². The largest absolute Gasteiger partial charge is 0.507 e. The third-order valence-corrected chi connectivity index (χ3v) is 3.45. The number of phenols is 2. The molecule has 6 heteroatoms. The van der Waals surface area contributed by atoms with E-state index in [-0.39, 0.29) is 28.0 Å². The van der Waals surface area contributed by atoms with Crippen molar-refractivity contribution in [2.24, 2.45) is 0 Å². The van der Waals surface area contributed by atoms with Gasteiger partial charge in [-0.1, -0.05) is 0 Å². The summed E-state index contributed by atoms with van der Waals surface area (Å²) in [4.78, 5) is 11.9. The van der Waals surface area contributed by atoms with E-state index in [0.29, 0.717) is 16.7 Å². The Labute approximate surface area is 113 Å². The Bertz CT molecular complexity index is 749. The van der Waals surface area contributed by atoms with E-state index in [4.69, 9.17) is 9.47 Å². The van der Waals surface area contributed by atoms with Crippen molar-refractivity contribution in [1.82, 2.24) is 0 Å². The van der Waals surface area contributed by atoms with E-state index in [1.54, 1.807) is 6.92 Å². The number of aliphatic hydroxyl groups excluding tert-OH is 1. The van der Waals surface area contributed by atoms with Crippen LogP contribution >= 0.6 is 0 Å². The number of carbonyl (C=O) groups excluding carboxylic acids is 1. The van der Waals surface area contributed by atoms with Crippen LogP contribution in [0.25, 0.3) is 10.8 Å². The third-order valence-electron chi connectivity index (χ3n) is 3.45. The van der Waals surface area contributed by atoms with Gasteiger partial charge < -0.3 is 24.8 Å². The zero-order valence-electron chi connectivity index (χ0n) is 10.8. The molecule has 0 amide bonds. The summed E-state index contributed by atoms with van der Waals surface area (Å²) in [6.07, 6.45) is -1.58. The Morgan fingerprint density at radius 2 is 1.90 bits per heavy atom. The van der Waals surface area contributed by atoms with Gasteiger partial charge in [0.25, 0.3) is 0 Å². The summed E-state index contributed by atoms with van der Waals surface area (Å²) < 4.78 is 9.94. The van der Waals surface area contributed by atoms with Crippen molar-refractivity contribution in [2.75, 3.05) is 7.11 Å². The summed E-state index contributed by atoms with van der Waals surface area (Å²) in [5.74, 6) is -1.02. The molecule has 1 heterocycles. The number of aliphatic hydroxyl groups is 1. The van der Waals surface area contributed by atoms with E-state index < -0.39 is 12.3 Å². The summed E-state index contributed by atoms with van der Waals surface area (Å²) in [6, 6.07) is 2.76. The molecule has 2 aromatic rings. The maximum atomic E-state index is 11.9. The number of methoxy groups -OCH3 is 1. The van der Waals surface area contributed by atoms with Crippen molar-refractivity contribution >= 4 is 16.7 Å².